The van der Waals surface area contributed by atoms with Crippen LogP contribution in [0.5, 0.6) is 5.75 Å². The van der Waals surface area contributed by atoms with Crippen molar-refractivity contribution in [2.75, 3.05) is 7.11 Å². The third-order valence-corrected chi connectivity index (χ3v) is 4.60. The standard InChI is InChI=1S/C12H15N3O3S/c1-8-13-12(19(16,17)14-9-3-4-9)11-7-10(18-2)5-6-15(8)11/h5-7,9,14H,3-4H2,1-2H3. The van der Waals surface area contributed by atoms with E-state index >= 15 is 0 Å². The molecule has 0 saturated heterocycles. The highest BCUT2D eigenvalue weighted by Crippen LogP contribution is 2.26. The van der Waals surface area contributed by atoms with Crippen LogP contribution in [0.4, 0.5) is 0 Å². The highest BCUT2D eigenvalue weighted by atomic mass is 32.2. The maximum Gasteiger partial charge on any atom is 0.260 e. The molecule has 1 aliphatic carbocycles. The molecule has 1 saturated carbocycles. The molecule has 7 heteroatoms. The molecular weight excluding hydrogens is 266 g/mol. The van der Waals surface area contributed by atoms with Crippen LogP contribution in [0.15, 0.2) is 23.4 Å². The van der Waals surface area contributed by atoms with Gasteiger partial charge in [-0.2, -0.15) is 0 Å². The number of sulfonamides is 1. The van der Waals surface area contributed by atoms with Gasteiger partial charge >= 0.3 is 0 Å². The zero-order valence-electron chi connectivity index (χ0n) is 10.8. The van der Waals surface area contributed by atoms with Crippen molar-refractivity contribution in [3.05, 3.63) is 24.2 Å². The topological polar surface area (TPSA) is 72.7 Å². The first kappa shape index (κ1) is 12.4. The Morgan fingerprint density at radius 1 is 1.47 bits per heavy atom. The largest absolute Gasteiger partial charge is 0.497 e. The second-order valence-electron chi connectivity index (χ2n) is 4.68. The van der Waals surface area contributed by atoms with Crippen LogP contribution in [0, 0.1) is 6.92 Å². The molecule has 0 bridgehead atoms. The number of rotatable bonds is 4. The summed E-state index contributed by atoms with van der Waals surface area (Å²) in [5.74, 6) is 1.24. The number of hydrogen-bond donors (Lipinski definition) is 1. The predicted octanol–water partition coefficient (Wildman–Crippen LogP) is 1.09. The molecular formula is C12H15N3O3S. The minimum absolute atomic E-state index is 0.0627. The van der Waals surface area contributed by atoms with Crippen molar-refractivity contribution in [3.63, 3.8) is 0 Å². The smallest absolute Gasteiger partial charge is 0.260 e. The molecule has 6 nitrogen and oxygen atoms in total. The lowest BCUT2D eigenvalue weighted by molar-refractivity contribution is 0.414. The minimum Gasteiger partial charge on any atom is -0.497 e. The molecule has 0 radical (unpaired) electrons. The highest BCUT2D eigenvalue weighted by Gasteiger charge is 2.31. The Balaban J connectivity index is 2.16. The summed E-state index contributed by atoms with van der Waals surface area (Å²) in [6.45, 7) is 1.77. The lowest BCUT2D eigenvalue weighted by atomic mass is 10.4. The van der Waals surface area contributed by atoms with Gasteiger partial charge in [-0.15, -0.1) is 0 Å². The van der Waals surface area contributed by atoms with Crippen LogP contribution in [-0.4, -0.2) is 31.0 Å². The van der Waals surface area contributed by atoms with Crippen LogP contribution < -0.4 is 9.46 Å². The number of imidazole rings is 1. The summed E-state index contributed by atoms with van der Waals surface area (Å²) in [4.78, 5) is 4.17. The van der Waals surface area contributed by atoms with Crippen LogP contribution in [-0.2, 0) is 10.0 Å². The number of ether oxygens (including phenoxy) is 1. The van der Waals surface area contributed by atoms with Crippen molar-refractivity contribution in [1.29, 1.82) is 0 Å². The zero-order chi connectivity index (χ0) is 13.6. The molecule has 2 aromatic heterocycles. The number of fused-ring (bicyclic) bond motifs is 1. The molecule has 0 atom stereocenters. The fraction of sp³-hybridized carbons (Fsp3) is 0.417. The summed E-state index contributed by atoms with van der Waals surface area (Å²) < 4.78 is 34.1. The molecule has 102 valence electrons. The highest BCUT2D eigenvalue weighted by molar-refractivity contribution is 7.89. The van der Waals surface area contributed by atoms with Gasteiger partial charge in [-0.3, -0.25) is 0 Å². The van der Waals surface area contributed by atoms with E-state index < -0.39 is 10.0 Å². The van der Waals surface area contributed by atoms with E-state index in [4.69, 9.17) is 4.74 Å². The van der Waals surface area contributed by atoms with Gasteiger partial charge in [0, 0.05) is 18.3 Å². The van der Waals surface area contributed by atoms with E-state index in [1.807, 2.05) is 0 Å². The van der Waals surface area contributed by atoms with Gasteiger partial charge in [0.1, 0.15) is 11.6 Å². The Morgan fingerprint density at radius 2 is 2.21 bits per heavy atom. The molecule has 1 aliphatic rings. The van der Waals surface area contributed by atoms with Crippen LogP contribution in [0.3, 0.4) is 0 Å². The van der Waals surface area contributed by atoms with E-state index in [-0.39, 0.29) is 11.1 Å². The quantitative estimate of drug-likeness (QED) is 0.910. The molecule has 3 rings (SSSR count). The molecule has 0 amide bonds. The molecule has 2 aromatic rings. The minimum atomic E-state index is -3.57. The van der Waals surface area contributed by atoms with Gasteiger partial charge in [0.15, 0.2) is 5.03 Å². The molecule has 2 heterocycles. The van der Waals surface area contributed by atoms with E-state index in [1.54, 1.807) is 36.8 Å². The van der Waals surface area contributed by atoms with Crippen molar-refractivity contribution in [3.8, 4) is 5.75 Å². The van der Waals surface area contributed by atoms with Crippen LogP contribution in [0.1, 0.15) is 18.7 Å². The summed E-state index contributed by atoms with van der Waals surface area (Å²) in [6, 6.07) is 3.51. The number of hydrogen-bond acceptors (Lipinski definition) is 4. The molecule has 0 spiro atoms. The number of aromatic nitrogens is 2. The fourth-order valence-corrected chi connectivity index (χ4v) is 3.46. The lowest BCUT2D eigenvalue weighted by Gasteiger charge is -2.04. The molecule has 0 aromatic carbocycles. The van der Waals surface area contributed by atoms with Crippen molar-refractivity contribution in [1.82, 2.24) is 14.1 Å². The number of methoxy groups -OCH3 is 1. The van der Waals surface area contributed by atoms with E-state index in [9.17, 15) is 8.42 Å². The predicted molar refractivity (Wildman–Crippen MR) is 69.8 cm³/mol. The van der Waals surface area contributed by atoms with Gasteiger partial charge in [0.05, 0.1) is 12.6 Å². The monoisotopic (exact) mass is 281 g/mol. The van der Waals surface area contributed by atoms with Gasteiger partial charge in [-0.05, 0) is 25.8 Å². The van der Waals surface area contributed by atoms with E-state index in [0.29, 0.717) is 17.1 Å². The normalized spacial score (nSPS) is 15.9. The molecule has 1 fully saturated rings. The second-order valence-corrected chi connectivity index (χ2v) is 6.31. The first-order valence-electron chi connectivity index (χ1n) is 6.06. The Kier molecular flexibility index (Phi) is 2.75. The Bertz CT molecular complexity index is 732. The first-order valence-corrected chi connectivity index (χ1v) is 7.54. The van der Waals surface area contributed by atoms with Gasteiger partial charge in [0.25, 0.3) is 10.0 Å². The number of nitrogens with zero attached hydrogens (tertiary/aromatic N) is 2. The SMILES string of the molecule is COc1ccn2c(C)nc(S(=O)(=O)NC3CC3)c2c1. The van der Waals surface area contributed by atoms with Crippen molar-refractivity contribution in [2.45, 2.75) is 30.8 Å². The van der Waals surface area contributed by atoms with Gasteiger partial charge in [0.2, 0.25) is 0 Å². The molecule has 0 aliphatic heterocycles. The van der Waals surface area contributed by atoms with Crippen LogP contribution in [0.25, 0.3) is 5.52 Å². The Labute approximate surface area is 111 Å². The van der Waals surface area contributed by atoms with Gasteiger partial charge in [-0.1, -0.05) is 0 Å². The summed E-state index contributed by atoms with van der Waals surface area (Å²) in [5.41, 5.74) is 0.532. The maximum absolute atomic E-state index is 12.3. The molecule has 19 heavy (non-hydrogen) atoms. The van der Waals surface area contributed by atoms with Crippen molar-refractivity contribution in [2.24, 2.45) is 0 Å². The Morgan fingerprint density at radius 3 is 2.84 bits per heavy atom. The number of aryl methyl sites for hydroxylation is 1. The fourth-order valence-electron chi connectivity index (χ4n) is 1.99. The third kappa shape index (κ3) is 2.19. The first-order chi connectivity index (χ1) is 9.01. The van der Waals surface area contributed by atoms with Gasteiger partial charge in [-0.25, -0.2) is 18.1 Å². The van der Waals surface area contributed by atoms with Gasteiger partial charge < -0.3 is 9.14 Å². The average molecular weight is 281 g/mol. The van der Waals surface area contributed by atoms with E-state index in [2.05, 4.69) is 9.71 Å². The average Bonchev–Trinajstić information content (AvgIpc) is 3.11. The number of pyridine rings is 1. The van der Waals surface area contributed by atoms with Crippen molar-refractivity contribution >= 4 is 15.5 Å². The Hall–Kier alpha value is -1.60. The zero-order valence-corrected chi connectivity index (χ0v) is 11.6. The molecule has 1 N–H and O–H groups in total. The van der Waals surface area contributed by atoms with Crippen LogP contribution in [0.2, 0.25) is 0 Å². The summed E-state index contributed by atoms with van der Waals surface area (Å²) in [7, 11) is -2.02. The maximum atomic E-state index is 12.3. The summed E-state index contributed by atoms with van der Waals surface area (Å²) >= 11 is 0. The number of nitrogens with one attached hydrogen (secondary N) is 1. The molecule has 0 unspecified atom stereocenters. The van der Waals surface area contributed by atoms with E-state index in [0.717, 1.165) is 12.8 Å². The lowest BCUT2D eigenvalue weighted by Crippen LogP contribution is -2.26. The third-order valence-electron chi connectivity index (χ3n) is 3.15. The second kappa shape index (κ2) is 4.21. The van der Waals surface area contributed by atoms with Crippen molar-refractivity contribution < 1.29 is 13.2 Å². The van der Waals surface area contributed by atoms with E-state index in [1.165, 1.54) is 0 Å². The van der Waals surface area contributed by atoms with Crippen LogP contribution >= 0.6 is 0 Å². The summed E-state index contributed by atoms with van der Waals surface area (Å²) in [5, 5.41) is 0.0656. The summed E-state index contributed by atoms with van der Waals surface area (Å²) in [6.07, 6.45) is 3.55.